The highest BCUT2D eigenvalue weighted by molar-refractivity contribution is 9.10. The van der Waals surface area contributed by atoms with E-state index in [1.54, 1.807) is 0 Å². The molecule has 0 aliphatic carbocycles. The molecule has 1 aliphatic rings. The highest BCUT2D eigenvalue weighted by Gasteiger charge is 2.30. The standard InChI is InChI=1S/C14H14BrNO3/c15-11-8-16(12-4-2-1-3-10(11)12)7-9-5-6-13(19-9)14(17)18/h1-4,8-9,13H,5-7H2,(H,17,18). The van der Waals surface area contributed by atoms with Crippen LogP contribution in [0.1, 0.15) is 12.8 Å². The third kappa shape index (κ3) is 2.40. The van der Waals surface area contributed by atoms with Crippen LogP contribution in [0, 0.1) is 0 Å². The number of hydrogen-bond acceptors (Lipinski definition) is 2. The molecule has 2 heterocycles. The van der Waals surface area contributed by atoms with Crippen molar-refractivity contribution in [3.63, 3.8) is 0 Å². The van der Waals surface area contributed by atoms with Crippen molar-refractivity contribution >= 4 is 32.8 Å². The smallest absolute Gasteiger partial charge is 0.332 e. The van der Waals surface area contributed by atoms with Crippen LogP contribution in [0.5, 0.6) is 0 Å². The van der Waals surface area contributed by atoms with E-state index in [4.69, 9.17) is 9.84 Å². The van der Waals surface area contributed by atoms with Crippen LogP contribution >= 0.6 is 15.9 Å². The molecule has 19 heavy (non-hydrogen) atoms. The fourth-order valence-corrected chi connectivity index (χ4v) is 3.18. The molecule has 0 saturated carbocycles. The van der Waals surface area contributed by atoms with Crippen LogP contribution in [0.4, 0.5) is 0 Å². The Morgan fingerprint density at radius 1 is 1.42 bits per heavy atom. The molecule has 0 spiro atoms. The Bertz CT molecular complexity index is 622. The molecule has 1 aromatic heterocycles. The lowest BCUT2D eigenvalue weighted by Gasteiger charge is -2.13. The van der Waals surface area contributed by atoms with Gasteiger partial charge in [0.1, 0.15) is 0 Å². The number of aliphatic carboxylic acids is 1. The van der Waals surface area contributed by atoms with E-state index in [0.29, 0.717) is 13.0 Å². The Balaban J connectivity index is 1.81. The molecule has 4 nitrogen and oxygen atoms in total. The first-order chi connectivity index (χ1) is 9.15. The average Bonchev–Trinajstić information content (AvgIpc) is 2.97. The number of carboxylic acids is 1. The quantitative estimate of drug-likeness (QED) is 0.944. The number of nitrogens with zero attached hydrogens (tertiary/aromatic N) is 1. The maximum atomic E-state index is 10.9. The molecule has 1 fully saturated rings. The zero-order valence-electron chi connectivity index (χ0n) is 10.3. The van der Waals surface area contributed by atoms with E-state index in [0.717, 1.165) is 21.8 Å². The summed E-state index contributed by atoms with van der Waals surface area (Å²) in [6, 6.07) is 8.12. The number of hydrogen-bond donors (Lipinski definition) is 1. The predicted octanol–water partition coefficient (Wildman–Crippen LogP) is 3.04. The van der Waals surface area contributed by atoms with Gasteiger partial charge in [-0.3, -0.25) is 0 Å². The van der Waals surface area contributed by atoms with E-state index in [9.17, 15) is 4.79 Å². The molecule has 2 unspecified atom stereocenters. The third-order valence-electron chi connectivity index (χ3n) is 3.52. The minimum atomic E-state index is -0.860. The van der Waals surface area contributed by atoms with Gasteiger partial charge in [0, 0.05) is 28.1 Å². The van der Waals surface area contributed by atoms with Gasteiger partial charge >= 0.3 is 5.97 Å². The monoisotopic (exact) mass is 323 g/mol. The van der Waals surface area contributed by atoms with Gasteiger partial charge in [0.05, 0.1) is 6.10 Å². The highest BCUT2D eigenvalue weighted by Crippen LogP contribution is 2.28. The van der Waals surface area contributed by atoms with Crippen molar-refractivity contribution < 1.29 is 14.6 Å². The van der Waals surface area contributed by atoms with Gasteiger partial charge in [-0.15, -0.1) is 0 Å². The van der Waals surface area contributed by atoms with E-state index in [1.165, 1.54) is 0 Å². The third-order valence-corrected chi connectivity index (χ3v) is 4.16. The summed E-state index contributed by atoms with van der Waals surface area (Å²) < 4.78 is 8.72. The minimum absolute atomic E-state index is 0.0243. The lowest BCUT2D eigenvalue weighted by atomic mass is 10.2. The average molecular weight is 324 g/mol. The Morgan fingerprint density at radius 2 is 2.21 bits per heavy atom. The summed E-state index contributed by atoms with van der Waals surface area (Å²) in [4.78, 5) is 10.9. The number of carboxylic acid groups (broad SMARTS) is 1. The molecular weight excluding hydrogens is 310 g/mol. The maximum Gasteiger partial charge on any atom is 0.332 e. The van der Waals surface area contributed by atoms with Crippen molar-refractivity contribution in [2.75, 3.05) is 0 Å². The Hall–Kier alpha value is -1.33. The summed E-state index contributed by atoms with van der Waals surface area (Å²) in [6.45, 7) is 0.690. The predicted molar refractivity (Wildman–Crippen MR) is 75.2 cm³/mol. The Morgan fingerprint density at radius 3 is 2.95 bits per heavy atom. The van der Waals surface area contributed by atoms with Crippen LogP contribution in [-0.4, -0.2) is 27.9 Å². The van der Waals surface area contributed by atoms with Crippen LogP contribution in [0.2, 0.25) is 0 Å². The molecule has 100 valence electrons. The van der Waals surface area contributed by atoms with Crippen LogP contribution in [0.25, 0.3) is 10.9 Å². The van der Waals surface area contributed by atoms with Gasteiger partial charge < -0.3 is 14.4 Å². The first-order valence-electron chi connectivity index (χ1n) is 6.27. The van der Waals surface area contributed by atoms with Crippen molar-refractivity contribution in [2.45, 2.75) is 31.6 Å². The summed E-state index contributed by atoms with van der Waals surface area (Å²) in [5, 5.41) is 10.1. The van der Waals surface area contributed by atoms with E-state index >= 15 is 0 Å². The van der Waals surface area contributed by atoms with Crippen molar-refractivity contribution in [2.24, 2.45) is 0 Å². The number of benzene rings is 1. The Labute approximate surface area is 119 Å². The summed E-state index contributed by atoms with van der Waals surface area (Å²) in [6.07, 6.45) is 2.75. The van der Waals surface area contributed by atoms with Crippen LogP contribution in [-0.2, 0) is 16.1 Å². The van der Waals surface area contributed by atoms with Crippen LogP contribution in [0.15, 0.2) is 34.9 Å². The molecule has 2 atom stereocenters. The second-order valence-corrected chi connectivity index (χ2v) is 5.66. The Kier molecular flexibility index (Phi) is 3.33. The van der Waals surface area contributed by atoms with Gasteiger partial charge in [0.15, 0.2) is 6.10 Å². The highest BCUT2D eigenvalue weighted by atomic mass is 79.9. The lowest BCUT2D eigenvalue weighted by Crippen LogP contribution is -2.22. The van der Waals surface area contributed by atoms with Gasteiger partial charge in [0.2, 0.25) is 0 Å². The van der Waals surface area contributed by atoms with E-state index in [2.05, 4.69) is 32.6 Å². The second kappa shape index (κ2) is 4.98. The van der Waals surface area contributed by atoms with Gasteiger partial charge in [-0.2, -0.15) is 0 Å². The van der Waals surface area contributed by atoms with Crippen molar-refractivity contribution in [1.82, 2.24) is 4.57 Å². The van der Waals surface area contributed by atoms with E-state index in [1.807, 2.05) is 18.3 Å². The summed E-state index contributed by atoms with van der Waals surface area (Å²) in [5.41, 5.74) is 1.14. The summed E-state index contributed by atoms with van der Waals surface area (Å²) >= 11 is 3.55. The number of rotatable bonds is 3. The number of ether oxygens (including phenoxy) is 1. The molecule has 5 heteroatoms. The SMILES string of the molecule is O=C(O)C1CCC(Cn2cc(Br)c3ccccc32)O1. The normalized spacial score (nSPS) is 23.0. The molecule has 1 N–H and O–H groups in total. The molecular formula is C14H14BrNO3. The number of halogens is 1. The van der Waals surface area contributed by atoms with Crippen molar-refractivity contribution in [3.8, 4) is 0 Å². The fraction of sp³-hybridized carbons (Fsp3) is 0.357. The van der Waals surface area contributed by atoms with Gasteiger partial charge in [-0.1, -0.05) is 18.2 Å². The largest absolute Gasteiger partial charge is 0.479 e. The number of aromatic nitrogens is 1. The second-order valence-electron chi connectivity index (χ2n) is 4.81. The van der Waals surface area contributed by atoms with Crippen LogP contribution < -0.4 is 0 Å². The fourth-order valence-electron chi connectivity index (χ4n) is 2.59. The summed E-state index contributed by atoms with van der Waals surface area (Å²) in [5.74, 6) is -0.860. The molecule has 1 aromatic carbocycles. The maximum absolute atomic E-state index is 10.9. The molecule has 1 aliphatic heterocycles. The molecule has 3 rings (SSSR count). The molecule has 0 amide bonds. The number of fused-ring (bicyclic) bond motifs is 1. The van der Waals surface area contributed by atoms with Gasteiger partial charge in [0.25, 0.3) is 0 Å². The first-order valence-corrected chi connectivity index (χ1v) is 7.06. The van der Waals surface area contributed by atoms with Crippen molar-refractivity contribution in [3.05, 3.63) is 34.9 Å². The topological polar surface area (TPSA) is 51.5 Å². The molecule has 0 bridgehead atoms. The van der Waals surface area contributed by atoms with E-state index < -0.39 is 12.1 Å². The van der Waals surface area contributed by atoms with Crippen molar-refractivity contribution in [1.29, 1.82) is 0 Å². The molecule has 1 saturated heterocycles. The zero-order chi connectivity index (χ0) is 13.4. The summed E-state index contributed by atoms with van der Waals surface area (Å²) in [7, 11) is 0. The number of carbonyl (C=O) groups is 1. The van der Waals surface area contributed by atoms with Crippen LogP contribution in [0.3, 0.4) is 0 Å². The van der Waals surface area contributed by atoms with E-state index in [-0.39, 0.29) is 6.10 Å². The lowest BCUT2D eigenvalue weighted by molar-refractivity contribution is -0.149. The molecule has 0 radical (unpaired) electrons. The first kappa shape index (κ1) is 12.7. The van der Waals surface area contributed by atoms with Gasteiger partial charge in [-0.25, -0.2) is 4.79 Å². The van der Waals surface area contributed by atoms with Gasteiger partial charge in [-0.05, 0) is 34.8 Å². The zero-order valence-corrected chi connectivity index (χ0v) is 11.8. The number of para-hydroxylation sites is 1. The minimum Gasteiger partial charge on any atom is -0.479 e. The molecule has 2 aromatic rings.